The van der Waals surface area contributed by atoms with E-state index in [1.807, 2.05) is 24.3 Å². The topological polar surface area (TPSA) is 64.3 Å². The third-order valence-electron chi connectivity index (χ3n) is 4.15. The molecule has 0 bridgehead atoms. The van der Waals surface area contributed by atoms with Crippen LogP contribution < -0.4 is 15.8 Å². The smallest absolute Gasteiger partial charge is 0.243 e. The molecule has 0 aromatic heterocycles. The number of carbonyl (C=O) groups excluding carboxylic acids is 1. The van der Waals surface area contributed by atoms with Crippen LogP contribution in [-0.2, 0) is 4.79 Å². The second kappa shape index (κ2) is 6.64. The molecule has 0 heterocycles. The van der Waals surface area contributed by atoms with Crippen molar-refractivity contribution in [3.63, 3.8) is 0 Å². The Labute approximate surface area is 120 Å². The molecule has 4 nitrogen and oxygen atoms in total. The summed E-state index contributed by atoms with van der Waals surface area (Å²) in [5.74, 6) is 0.566. The molecule has 1 aliphatic carbocycles. The Morgan fingerprint density at radius 1 is 1.10 bits per heavy atom. The fourth-order valence-electron chi connectivity index (χ4n) is 2.89. The van der Waals surface area contributed by atoms with Crippen molar-refractivity contribution in [2.45, 2.75) is 50.5 Å². The Kier molecular flexibility index (Phi) is 4.88. The van der Waals surface area contributed by atoms with E-state index in [1.165, 1.54) is 19.3 Å². The van der Waals surface area contributed by atoms with Gasteiger partial charge in [0.05, 0.1) is 7.11 Å². The third-order valence-corrected chi connectivity index (χ3v) is 4.15. The fraction of sp³-hybridized carbons (Fsp3) is 0.562. The standard InChI is InChI=1S/C16H24N2O2/c1-20-14-9-7-13(8-10-14)18-16(15(17)19)11-5-3-2-4-6-12-16/h7-10,18H,2-6,11-12H2,1H3,(H2,17,19). The average molecular weight is 276 g/mol. The normalized spacial score (nSPS) is 18.6. The van der Waals surface area contributed by atoms with Crippen molar-refractivity contribution in [3.05, 3.63) is 24.3 Å². The lowest BCUT2D eigenvalue weighted by Crippen LogP contribution is -2.50. The van der Waals surface area contributed by atoms with Crippen LogP contribution in [0.25, 0.3) is 0 Å². The molecular formula is C16H24N2O2. The molecule has 0 atom stereocenters. The maximum absolute atomic E-state index is 12.0. The van der Waals surface area contributed by atoms with Gasteiger partial charge in [0, 0.05) is 5.69 Å². The summed E-state index contributed by atoms with van der Waals surface area (Å²) < 4.78 is 5.15. The highest BCUT2D eigenvalue weighted by molar-refractivity contribution is 5.88. The zero-order chi connectivity index (χ0) is 14.4. The molecule has 0 radical (unpaired) electrons. The van der Waals surface area contributed by atoms with Crippen LogP contribution in [0.2, 0.25) is 0 Å². The van der Waals surface area contributed by atoms with Crippen LogP contribution in [0.15, 0.2) is 24.3 Å². The first-order chi connectivity index (χ1) is 9.66. The van der Waals surface area contributed by atoms with Gasteiger partial charge in [0.1, 0.15) is 11.3 Å². The highest BCUT2D eigenvalue weighted by Gasteiger charge is 2.36. The first kappa shape index (κ1) is 14.7. The molecule has 1 saturated carbocycles. The van der Waals surface area contributed by atoms with Crippen molar-refractivity contribution in [1.82, 2.24) is 0 Å². The molecule has 2 rings (SSSR count). The molecule has 3 N–H and O–H groups in total. The van der Waals surface area contributed by atoms with E-state index in [0.29, 0.717) is 0 Å². The minimum Gasteiger partial charge on any atom is -0.497 e. The monoisotopic (exact) mass is 276 g/mol. The van der Waals surface area contributed by atoms with Gasteiger partial charge >= 0.3 is 0 Å². The van der Waals surface area contributed by atoms with Gasteiger partial charge in [-0.2, -0.15) is 0 Å². The first-order valence-electron chi connectivity index (χ1n) is 7.38. The van der Waals surface area contributed by atoms with E-state index in [2.05, 4.69) is 5.32 Å². The summed E-state index contributed by atoms with van der Waals surface area (Å²) in [6.07, 6.45) is 7.34. The lowest BCUT2D eigenvalue weighted by molar-refractivity contribution is -0.123. The Bertz CT molecular complexity index is 434. The van der Waals surface area contributed by atoms with Gasteiger partial charge in [0.2, 0.25) is 5.91 Å². The highest BCUT2D eigenvalue weighted by atomic mass is 16.5. The highest BCUT2D eigenvalue weighted by Crippen LogP contribution is 2.30. The van der Waals surface area contributed by atoms with Crippen molar-refractivity contribution in [2.24, 2.45) is 5.73 Å². The van der Waals surface area contributed by atoms with Crippen LogP contribution in [0.3, 0.4) is 0 Å². The maximum Gasteiger partial charge on any atom is 0.243 e. The van der Waals surface area contributed by atoms with Crippen molar-refractivity contribution in [2.75, 3.05) is 12.4 Å². The Morgan fingerprint density at radius 3 is 2.15 bits per heavy atom. The number of benzene rings is 1. The number of hydrogen-bond acceptors (Lipinski definition) is 3. The van der Waals surface area contributed by atoms with Gasteiger partial charge in [-0.1, -0.05) is 32.1 Å². The predicted octanol–water partition coefficient (Wildman–Crippen LogP) is 3.08. The molecule has 1 aromatic rings. The number of amides is 1. The summed E-state index contributed by atoms with van der Waals surface area (Å²) in [5, 5.41) is 3.38. The zero-order valence-corrected chi connectivity index (χ0v) is 12.2. The molecule has 4 heteroatoms. The molecule has 1 aromatic carbocycles. The molecular weight excluding hydrogens is 252 g/mol. The van der Waals surface area contributed by atoms with Crippen LogP contribution in [0.4, 0.5) is 5.69 Å². The molecule has 1 amide bonds. The quantitative estimate of drug-likeness (QED) is 0.888. The van der Waals surface area contributed by atoms with Gasteiger partial charge in [-0.15, -0.1) is 0 Å². The fourth-order valence-corrected chi connectivity index (χ4v) is 2.89. The van der Waals surface area contributed by atoms with Crippen LogP contribution in [-0.4, -0.2) is 18.6 Å². The van der Waals surface area contributed by atoms with Crippen LogP contribution in [0.5, 0.6) is 5.75 Å². The number of nitrogens with two attached hydrogens (primary N) is 1. The van der Waals surface area contributed by atoms with Gasteiger partial charge in [-0.3, -0.25) is 4.79 Å². The van der Waals surface area contributed by atoms with E-state index in [1.54, 1.807) is 7.11 Å². The van der Waals surface area contributed by atoms with Crippen molar-refractivity contribution in [3.8, 4) is 5.75 Å². The SMILES string of the molecule is COc1ccc(NC2(C(N)=O)CCCCCCC2)cc1. The van der Waals surface area contributed by atoms with Crippen molar-refractivity contribution in [1.29, 1.82) is 0 Å². The second-order valence-corrected chi connectivity index (χ2v) is 5.57. The van der Waals surface area contributed by atoms with Gasteiger partial charge < -0.3 is 15.8 Å². The molecule has 20 heavy (non-hydrogen) atoms. The van der Waals surface area contributed by atoms with Crippen LogP contribution in [0, 0.1) is 0 Å². The predicted molar refractivity (Wildman–Crippen MR) is 80.9 cm³/mol. The Morgan fingerprint density at radius 2 is 1.65 bits per heavy atom. The summed E-state index contributed by atoms with van der Waals surface area (Å²) in [4.78, 5) is 12.0. The number of methoxy groups -OCH3 is 1. The van der Waals surface area contributed by atoms with Crippen LogP contribution in [0.1, 0.15) is 44.9 Å². The number of anilines is 1. The average Bonchev–Trinajstić information content (AvgIpc) is 2.42. The summed E-state index contributed by atoms with van der Waals surface area (Å²) in [5.41, 5.74) is 6.02. The summed E-state index contributed by atoms with van der Waals surface area (Å²) in [6, 6.07) is 7.64. The van der Waals surface area contributed by atoms with E-state index in [0.717, 1.165) is 37.1 Å². The minimum atomic E-state index is -0.602. The molecule has 110 valence electrons. The summed E-state index contributed by atoms with van der Waals surface area (Å²) in [6.45, 7) is 0. The lowest BCUT2D eigenvalue weighted by atomic mass is 9.83. The lowest BCUT2D eigenvalue weighted by Gasteiger charge is -2.34. The van der Waals surface area contributed by atoms with E-state index < -0.39 is 5.54 Å². The number of ether oxygens (including phenoxy) is 1. The summed E-state index contributed by atoms with van der Waals surface area (Å²) in [7, 11) is 1.64. The van der Waals surface area contributed by atoms with E-state index in [4.69, 9.17) is 10.5 Å². The second-order valence-electron chi connectivity index (χ2n) is 5.57. The van der Waals surface area contributed by atoms with Crippen molar-refractivity contribution >= 4 is 11.6 Å². The van der Waals surface area contributed by atoms with E-state index in [-0.39, 0.29) is 5.91 Å². The number of primary amides is 1. The van der Waals surface area contributed by atoms with Crippen molar-refractivity contribution < 1.29 is 9.53 Å². The number of nitrogens with one attached hydrogen (secondary N) is 1. The molecule has 0 spiro atoms. The summed E-state index contributed by atoms with van der Waals surface area (Å²) >= 11 is 0. The third kappa shape index (κ3) is 3.44. The first-order valence-corrected chi connectivity index (χ1v) is 7.38. The molecule has 1 aliphatic rings. The maximum atomic E-state index is 12.0. The molecule has 1 fully saturated rings. The largest absolute Gasteiger partial charge is 0.497 e. The number of rotatable bonds is 4. The van der Waals surface area contributed by atoms with Gasteiger partial charge in [0.25, 0.3) is 0 Å². The van der Waals surface area contributed by atoms with E-state index in [9.17, 15) is 4.79 Å². The number of hydrogen-bond donors (Lipinski definition) is 2. The minimum absolute atomic E-state index is 0.241. The molecule has 0 aliphatic heterocycles. The Hall–Kier alpha value is -1.71. The molecule has 0 saturated heterocycles. The number of carbonyl (C=O) groups is 1. The van der Waals surface area contributed by atoms with Gasteiger partial charge in [-0.05, 0) is 37.1 Å². The van der Waals surface area contributed by atoms with Gasteiger partial charge in [0.15, 0.2) is 0 Å². The van der Waals surface area contributed by atoms with E-state index >= 15 is 0 Å². The zero-order valence-electron chi connectivity index (χ0n) is 12.2. The van der Waals surface area contributed by atoms with Crippen LogP contribution >= 0.6 is 0 Å². The Balaban J connectivity index is 2.15. The van der Waals surface area contributed by atoms with Gasteiger partial charge in [-0.25, -0.2) is 0 Å². The molecule has 0 unspecified atom stereocenters.